The lowest BCUT2D eigenvalue weighted by atomic mass is 10.2. The molecule has 1 heterocycles. The third-order valence-corrected chi connectivity index (χ3v) is 3.27. The van der Waals surface area contributed by atoms with Gasteiger partial charge < -0.3 is 15.0 Å². The molecule has 0 amide bonds. The predicted molar refractivity (Wildman–Crippen MR) is 73.9 cm³/mol. The fourth-order valence-electron chi connectivity index (χ4n) is 2.01. The third-order valence-electron chi connectivity index (χ3n) is 3.27. The molecule has 18 heavy (non-hydrogen) atoms. The highest BCUT2D eigenvalue weighted by Crippen LogP contribution is 2.22. The summed E-state index contributed by atoms with van der Waals surface area (Å²) in [4.78, 5) is 6.80. The summed E-state index contributed by atoms with van der Waals surface area (Å²) in [6, 6.07) is 4.90. The lowest BCUT2D eigenvalue weighted by molar-refractivity contribution is 0.205. The Balaban J connectivity index is 2.02. The van der Waals surface area contributed by atoms with E-state index in [1.807, 2.05) is 12.3 Å². The number of methoxy groups -OCH3 is 1. The molecule has 1 aromatic rings. The van der Waals surface area contributed by atoms with Gasteiger partial charge in [-0.3, -0.25) is 0 Å². The van der Waals surface area contributed by atoms with E-state index in [0.29, 0.717) is 0 Å². The van der Waals surface area contributed by atoms with Gasteiger partial charge in [-0.25, -0.2) is 4.98 Å². The minimum absolute atomic E-state index is 0.729. The van der Waals surface area contributed by atoms with Crippen molar-refractivity contribution in [2.45, 2.75) is 32.4 Å². The zero-order valence-corrected chi connectivity index (χ0v) is 11.4. The summed E-state index contributed by atoms with van der Waals surface area (Å²) in [6.45, 7) is 5.65. The molecule has 0 saturated heterocycles. The first kappa shape index (κ1) is 13.3. The summed E-state index contributed by atoms with van der Waals surface area (Å²) in [5.41, 5.74) is 1.28. The molecule has 4 nitrogen and oxygen atoms in total. The van der Waals surface area contributed by atoms with Crippen LogP contribution < -0.4 is 10.2 Å². The van der Waals surface area contributed by atoms with Gasteiger partial charge in [0.25, 0.3) is 0 Å². The van der Waals surface area contributed by atoms with Gasteiger partial charge in [-0.05, 0) is 25.8 Å². The minimum atomic E-state index is 0.729. The van der Waals surface area contributed by atoms with Gasteiger partial charge in [0.05, 0.1) is 6.61 Å². The van der Waals surface area contributed by atoms with Gasteiger partial charge >= 0.3 is 0 Å². The minimum Gasteiger partial charge on any atom is -0.383 e. The molecule has 0 aromatic carbocycles. The second-order valence-electron chi connectivity index (χ2n) is 4.71. The average Bonchev–Trinajstić information content (AvgIpc) is 3.22. The molecule has 1 aromatic heterocycles. The van der Waals surface area contributed by atoms with E-state index in [4.69, 9.17) is 4.74 Å². The Morgan fingerprint density at radius 2 is 2.33 bits per heavy atom. The van der Waals surface area contributed by atoms with Crippen molar-refractivity contribution >= 4 is 5.82 Å². The van der Waals surface area contributed by atoms with E-state index in [1.165, 1.54) is 18.4 Å². The van der Waals surface area contributed by atoms with Gasteiger partial charge in [-0.1, -0.05) is 6.07 Å². The second-order valence-corrected chi connectivity index (χ2v) is 4.71. The van der Waals surface area contributed by atoms with E-state index in [1.54, 1.807) is 7.11 Å². The molecular weight excluding hydrogens is 226 g/mol. The maximum absolute atomic E-state index is 5.16. The fraction of sp³-hybridized carbons (Fsp3) is 0.643. The predicted octanol–water partition coefficient (Wildman–Crippen LogP) is 1.81. The topological polar surface area (TPSA) is 37.4 Å². The van der Waals surface area contributed by atoms with E-state index in [9.17, 15) is 0 Å². The van der Waals surface area contributed by atoms with Gasteiger partial charge in [0.2, 0.25) is 0 Å². The number of likely N-dealkylation sites (N-methyl/N-ethyl adjacent to an activating group) is 1. The van der Waals surface area contributed by atoms with Crippen molar-refractivity contribution in [1.29, 1.82) is 0 Å². The third kappa shape index (κ3) is 3.68. The molecule has 0 unspecified atom stereocenters. The molecule has 4 heteroatoms. The van der Waals surface area contributed by atoms with E-state index in [-0.39, 0.29) is 0 Å². The number of anilines is 1. The summed E-state index contributed by atoms with van der Waals surface area (Å²) in [7, 11) is 1.74. The standard InChI is InChI=1S/C14H23N3O/c1-3-17(9-10-18-2)14-12(5-4-8-15-14)11-16-13-6-7-13/h4-5,8,13,16H,3,6-7,9-11H2,1-2H3. The van der Waals surface area contributed by atoms with Crippen LogP contribution >= 0.6 is 0 Å². The van der Waals surface area contributed by atoms with Crippen molar-refractivity contribution < 1.29 is 4.74 Å². The number of hydrogen-bond donors (Lipinski definition) is 1. The van der Waals surface area contributed by atoms with Crippen LogP contribution in [-0.4, -0.2) is 37.8 Å². The van der Waals surface area contributed by atoms with Gasteiger partial charge in [0.15, 0.2) is 0 Å². The number of pyridine rings is 1. The molecule has 0 aliphatic heterocycles. The molecule has 1 aliphatic rings. The van der Waals surface area contributed by atoms with Gasteiger partial charge in [0, 0.05) is 44.5 Å². The average molecular weight is 249 g/mol. The molecule has 0 atom stereocenters. The molecule has 2 rings (SSSR count). The quantitative estimate of drug-likeness (QED) is 0.762. The maximum atomic E-state index is 5.16. The molecule has 0 spiro atoms. The highest BCUT2D eigenvalue weighted by molar-refractivity contribution is 5.46. The van der Waals surface area contributed by atoms with Crippen LogP contribution in [0.5, 0.6) is 0 Å². The largest absolute Gasteiger partial charge is 0.383 e. The van der Waals surface area contributed by atoms with Crippen LogP contribution in [0, 0.1) is 0 Å². The van der Waals surface area contributed by atoms with Crippen LogP contribution in [0.15, 0.2) is 18.3 Å². The fourth-order valence-corrected chi connectivity index (χ4v) is 2.01. The highest BCUT2D eigenvalue weighted by atomic mass is 16.5. The molecule has 100 valence electrons. The van der Waals surface area contributed by atoms with Crippen molar-refractivity contribution in [3.05, 3.63) is 23.9 Å². The smallest absolute Gasteiger partial charge is 0.133 e. The Morgan fingerprint density at radius 3 is 3.00 bits per heavy atom. The van der Waals surface area contributed by atoms with Crippen molar-refractivity contribution in [3.8, 4) is 0 Å². The Morgan fingerprint density at radius 1 is 1.50 bits per heavy atom. The van der Waals surface area contributed by atoms with E-state index >= 15 is 0 Å². The lowest BCUT2D eigenvalue weighted by Crippen LogP contribution is -2.29. The first-order chi connectivity index (χ1) is 8.85. The summed E-state index contributed by atoms with van der Waals surface area (Å²) >= 11 is 0. The Hall–Kier alpha value is -1.13. The number of nitrogens with one attached hydrogen (secondary N) is 1. The van der Waals surface area contributed by atoms with Crippen LogP contribution in [0.4, 0.5) is 5.82 Å². The van der Waals surface area contributed by atoms with Crippen molar-refractivity contribution in [3.63, 3.8) is 0 Å². The molecule has 1 fully saturated rings. The maximum Gasteiger partial charge on any atom is 0.133 e. The normalized spacial score (nSPS) is 14.8. The highest BCUT2D eigenvalue weighted by Gasteiger charge is 2.21. The number of ether oxygens (including phenoxy) is 1. The Kier molecular flexibility index (Phi) is 4.96. The van der Waals surface area contributed by atoms with Crippen LogP contribution in [0.2, 0.25) is 0 Å². The molecular formula is C14H23N3O. The van der Waals surface area contributed by atoms with Crippen molar-refractivity contribution in [2.24, 2.45) is 0 Å². The second kappa shape index (κ2) is 6.71. The number of hydrogen-bond acceptors (Lipinski definition) is 4. The van der Waals surface area contributed by atoms with Crippen LogP contribution in [0.3, 0.4) is 0 Å². The van der Waals surface area contributed by atoms with Crippen LogP contribution in [0.1, 0.15) is 25.3 Å². The summed E-state index contributed by atoms with van der Waals surface area (Å²) < 4.78 is 5.16. The Labute approximate surface area is 109 Å². The van der Waals surface area contributed by atoms with Gasteiger partial charge in [-0.15, -0.1) is 0 Å². The van der Waals surface area contributed by atoms with Gasteiger partial charge in [-0.2, -0.15) is 0 Å². The van der Waals surface area contributed by atoms with Crippen LogP contribution in [0.25, 0.3) is 0 Å². The zero-order chi connectivity index (χ0) is 12.8. The monoisotopic (exact) mass is 249 g/mol. The molecule has 1 aliphatic carbocycles. The SMILES string of the molecule is CCN(CCOC)c1ncccc1CNC1CC1. The van der Waals surface area contributed by atoms with E-state index < -0.39 is 0 Å². The number of rotatable bonds is 8. The first-order valence-corrected chi connectivity index (χ1v) is 6.76. The lowest BCUT2D eigenvalue weighted by Gasteiger charge is -2.24. The van der Waals surface area contributed by atoms with Crippen molar-refractivity contribution in [1.82, 2.24) is 10.3 Å². The summed E-state index contributed by atoms with van der Waals surface area (Å²) in [5, 5.41) is 3.55. The van der Waals surface area contributed by atoms with Crippen molar-refractivity contribution in [2.75, 3.05) is 31.7 Å². The van der Waals surface area contributed by atoms with E-state index in [2.05, 4.69) is 28.2 Å². The molecule has 1 N–H and O–H groups in total. The molecule has 0 radical (unpaired) electrons. The summed E-state index contributed by atoms with van der Waals surface area (Å²) in [6.07, 6.45) is 4.50. The zero-order valence-electron chi connectivity index (χ0n) is 11.4. The van der Waals surface area contributed by atoms with E-state index in [0.717, 1.165) is 38.1 Å². The summed E-state index contributed by atoms with van der Waals surface area (Å²) in [5.74, 6) is 1.09. The molecule has 1 saturated carbocycles. The van der Waals surface area contributed by atoms with Gasteiger partial charge in [0.1, 0.15) is 5.82 Å². The number of nitrogens with zero attached hydrogens (tertiary/aromatic N) is 2. The number of aromatic nitrogens is 1. The Bertz CT molecular complexity index is 366. The first-order valence-electron chi connectivity index (χ1n) is 6.76. The van der Waals surface area contributed by atoms with Crippen LogP contribution in [-0.2, 0) is 11.3 Å². The molecule has 0 bridgehead atoms.